The molecule has 2 aromatic carbocycles. The molecule has 0 spiro atoms. The number of hydrogen-bond acceptors (Lipinski definition) is 2. The number of carbonyl (C=O) groups excluding carboxylic acids is 1. The summed E-state index contributed by atoms with van der Waals surface area (Å²) >= 11 is 3.22. The zero-order valence-electron chi connectivity index (χ0n) is 13.8. The highest BCUT2D eigenvalue weighted by Gasteiger charge is 2.06. The zero-order valence-corrected chi connectivity index (χ0v) is 15.4. The van der Waals surface area contributed by atoms with Gasteiger partial charge in [0.2, 0.25) is 0 Å². The molecule has 2 N–H and O–H groups in total. The molecule has 0 heterocycles. The zero-order chi connectivity index (χ0) is 17.5. The SMILES string of the molecule is CCN(C)Cc1cccc(CNC(=O)Nc2ccc(F)cc2Br)c1. The summed E-state index contributed by atoms with van der Waals surface area (Å²) in [6.07, 6.45) is 0. The number of nitrogens with one attached hydrogen (secondary N) is 2. The summed E-state index contributed by atoms with van der Waals surface area (Å²) in [6, 6.07) is 11.9. The Morgan fingerprint density at radius 1 is 1.21 bits per heavy atom. The molecule has 0 unspecified atom stereocenters. The van der Waals surface area contributed by atoms with Gasteiger partial charge in [0.25, 0.3) is 0 Å². The van der Waals surface area contributed by atoms with Crippen LogP contribution in [0.25, 0.3) is 0 Å². The van der Waals surface area contributed by atoms with Gasteiger partial charge in [-0.2, -0.15) is 0 Å². The maximum absolute atomic E-state index is 13.0. The third-order valence-corrected chi connectivity index (χ3v) is 4.27. The van der Waals surface area contributed by atoms with E-state index >= 15 is 0 Å². The van der Waals surface area contributed by atoms with E-state index in [4.69, 9.17) is 0 Å². The number of nitrogens with zero attached hydrogens (tertiary/aromatic N) is 1. The van der Waals surface area contributed by atoms with Crippen molar-refractivity contribution < 1.29 is 9.18 Å². The second kappa shape index (κ2) is 8.80. The van der Waals surface area contributed by atoms with E-state index in [1.54, 1.807) is 0 Å². The summed E-state index contributed by atoms with van der Waals surface area (Å²) in [5, 5.41) is 5.50. The van der Waals surface area contributed by atoms with E-state index in [1.165, 1.54) is 23.8 Å². The van der Waals surface area contributed by atoms with Gasteiger partial charge in [-0.3, -0.25) is 0 Å². The molecule has 6 heteroatoms. The van der Waals surface area contributed by atoms with Crippen LogP contribution in [-0.4, -0.2) is 24.5 Å². The average molecular weight is 394 g/mol. The molecule has 0 atom stereocenters. The van der Waals surface area contributed by atoms with Crippen LogP contribution in [0.5, 0.6) is 0 Å². The predicted molar refractivity (Wildman–Crippen MR) is 98.4 cm³/mol. The third kappa shape index (κ3) is 5.62. The Labute approximate surface area is 150 Å². The van der Waals surface area contributed by atoms with Crippen molar-refractivity contribution in [1.29, 1.82) is 0 Å². The highest BCUT2D eigenvalue weighted by Crippen LogP contribution is 2.22. The van der Waals surface area contributed by atoms with Crippen LogP contribution >= 0.6 is 15.9 Å². The van der Waals surface area contributed by atoms with Gasteiger partial charge in [-0.25, -0.2) is 9.18 Å². The van der Waals surface area contributed by atoms with Gasteiger partial charge in [0, 0.05) is 17.6 Å². The normalized spacial score (nSPS) is 10.7. The Morgan fingerprint density at radius 3 is 2.67 bits per heavy atom. The highest BCUT2D eigenvalue weighted by molar-refractivity contribution is 9.10. The second-order valence-electron chi connectivity index (χ2n) is 5.58. The molecule has 0 aliphatic carbocycles. The van der Waals surface area contributed by atoms with Gasteiger partial charge in [0.1, 0.15) is 5.82 Å². The molecule has 0 radical (unpaired) electrons. The number of halogens is 2. The molecule has 2 aromatic rings. The van der Waals surface area contributed by atoms with E-state index < -0.39 is 0 Å². The maximum atomic E-state index is 13.0. The van der Waals surface area contributed by atoms with Gasteiger partial charge in [0.15, 0.2) is 0 Å². The minimum absolute atomic E-state index is 0.335. The number of amides is 2. The second-order valence-corrected chi connectivity index (χ2v) is 6.44. The molecular formula is C18H21BrFN3O. The fraction of sp³-hybridized carbons (Fsp3) is 0.278. The van der Waals surface area contributed by atoms with Gasteiger partial charge in [0.05, 0.1) is 5.69 Å². The molecule has 128 valence electrons. The molecule has 0 saturated carbocycles. The van der Waals surface area contributed by atoms with Gasteiger partial charge < -0.3 is 15.5 Å². The van der Waals surface area contributed by atoms with Gasteiger partial charge in [-0.05, 0) is 58.8 Å². The Morgan fingerprint density at radius 2 is 1.96 bits per heavy atom. The third-order valence-electron chi connectivity index (χ3n) is 3.62. The monoisotopic (exact) mass is 393 g/mol. The topological polar surface area (TPSA) is 44.4 Å². The van der Waals surface area contributed by atoms with Crippen molar-refractivity contribution in [2.24, 2.45) is 0 Å². The van der Waals surface area contributed by atoms with Crippen molar-refractivity contribution in [2.45, 2.75) is 20.0 Å². The van der Waals surface area contributed by atoms with E-state index in [2.05, 4.69) is 57.6 Å². The Balaban J connectivity index is 1.90. The molecular weight excluding hydrogens is 373 g/mol. The van der Waals surface area contributed by atoms with Crippen molar-refractivity contribution in [3.63, 3.8) is 0 Å². The van der Waals surface area contributed by atoms with E-state index in [9.17, 15) is 9.18 Å². The lowest BCUT2D eigenvalue weighted by Gasteiger charge is -2.14. The molecule has 0 saturated heterocycles. The van der Waals surface area contributed by atoms with Crippen molar-refractivity contribution in [3.8, 4) is 0 Å². The van der Waals surface area contributed by atoms with Gasteiger partial charge >= 0.3 is 6.03 Å². The van der Waals surface area contributed by atoms with Crippen molar-refractivity contribution in [3.05, 3.63) is 63.9 Å². The minimum atomic E-state index is -0.360. The van der Waals surface area contributed by atoms with Crippen molar-refractivity contribution in [1.82, 2.24) is 10.2 Å². The molecule has 0 aliphatic heterocycles. The van der Waals surface area contributed by atoms with Crippen LogP contribution in [0.2, 0.25) is 0 Å². The van der Waals surface area contributed by atoms with Crippen LogP contribution in [0.1, 0.15) is 18.1 Å². The number of carbonyl (C=O) groups is 1. The molecule has 4 nitrogen and oxygen atoms in total. The van der Waals surface area contributed by atoms with Crippen LogP contribution in [0.4, 0.5) is 14.9 Å². The molecule has 0 aliphatic rings. The lowest BCUT2D eigenvalue weighted by Crippen LogP contribution is -2.28. The van der Waals surface area contributed by atoms with Crippen LogP contribution in [-0.2, 0) is 13.1 Å². The van der Waals surface area contributed by atoms with Crippen LogP contribution in [0.15, 0.2) is 46.9 Å². The first kappa shape index (κ1) is 18.4. The summed E-state index contributed by atoms with van der Waals surface area (Å²) in [6.45, 7) is 4.40. The molecule has 2 rings (SSSR count). The van der Waals surface area contributed by atoms with E-state index in [0.29, 0.717) is 16.7 Å². The lowest BCUT2D eigenvalue weighted by molar-refractivity contribution is 0.251. The lowest BCUT2D eigenvalue weighted by atomic mass is 10.1. The van der Waals surface area contributed by atoms with Crippen LogP contribution < -0.4 is 10.6 Å². The first-order chi connectivity index (χ1) is 11.5. The van der Waals surface area contributed by atoms with Crippen molar-refractivity contribution >= 4 is 27.6 Å². The number of rotatable bonds is 6. The fourth-order valence-corrected chi connectivity index (χ4v) is 2.65. The van der Waals surface area contributed by atoms with Gasteiger partial charge in [-0.1, -0.05) is 31.2 Å². The maximum Gasteiger partial charge on any atom is 0.319 e. The highest BCUT2D eigenvalue weighted by atomic mass is 79.9. The Bertz CT molecular complexity index is 708. The summed E-state index contributed by atoms with van der Waals surface area (Å²) in [5.41, 5.74) is 2.76. The van der Waals surface area contributed by atoms with Gasteiger partial charge in [-0.15, -0.1) is 0 Å². The summed E-state index contributed by atoms with van der Waals surface area (Å²) in [7, 11) is 2.07. The van der Waals surface area contributed by atoms with E-state index in [-0.39, 0.29) is 11.8 Å². The minimum Gasteiger partial charge on any atom is -0.334 e. The molecule has 2 amide bonds. The number of urea groups is 1. The van der Waals surface area contributed by atoms with Crippen molar-refractivity contribution in [2.75, 3.05) is 18.9 Å². The number of anilines is 1. The van der Waals surface area contributed by atoms with E-state index in [1.807, 2.05) is 12.1 Å². The predicted octanol–water partition coefficient (Wildman–Crippen LogP) is 4.36. The van der Waals surface area contributed by atoms with E-state index in [0.717, 1.165) is 18.7 Å². The standard InChI is InChI=1S/C18H21BrFN3O/c1-3-23(2)12-14-6-4-5-13(9-14)11-21-18(24)22-17-8-7-15(20)10-16(17)19/h4-10H,3,11-12H2,1-2H3,(H2,21,22,24). The Kier molecular flexibility index (Phi) is 6.75. The smallest absolute Gasteiger partial charge is 0.319 e. The molecule has 0 aromatic heterocycles. The molecule has 24 heavy (non-hydrogen) atoms. The summed E-state index contributed by atoms with van der Waals surface area (Å²) in [4.78, 5) is 14.2. The first-order valence-electron chi connectivity index (χ1n) is 7.74. The quantitative estimate of drug-likeness (QED) is 0.765. The first-order valence-corrected chi connectivity index (χ1v) is 8.53. The average Bonchev–Trinajstić information content (AvgIpc) is 2.56. The summed E-state index contributed by atoms with van der Waals surface area (Å²) < 4.78 is 13.5. The number of hydrogen-bond donors (Lipinski definition) is 2. The molecule has 0 fully saturated rings. The Hall–Kier alpha value is -1.92. The number of benzene rings is 2. The largest absolute Gasteiger partial charge is 0.334 e. The van der Waals surface area contributed by atoms with Crippen LogP contribution in [0.3, 0.4) is 0 Å². The van der Waals surface area contributed by atoms with Crippen LogP contribution in [0, 0.1) is 5.82 Å². The fourth-order valence-electron chi connectivity index (χ4n) is 2.20. The molecule has 0 bridgehead atoms. The summed E-state index contributed by atoms with van der Waals surface area (Å²) in [5.74, 6) is -0.360.